The van der Waals surface area contributed by atoms with Crippen molar-refractivity contribution in [1.29, 1.82) is 0 Å². The molecule has 18 heavy (non-hydrogen) atoms. The van der Waals surface area contributed by atoms with Crippen molar-refractivity contribution in [3.05, 3.63) is 16.1 Å². The van der Waals surface area contributed by atoms with Crippen molar-refractivity contribution in [2.75, 3.05) is 13.1 Å². The largest absolute Gasteiger partial charge is 0.476 e. The normalized spacial score (nSPS) is 26.3. The van der Waals surface area contributed by atoms with Crippen LogP contribution in [-0.4, -0.2) is 40.0 Å². The molecule has 2 heterocycles. The molecule has 2 aliphatic rings. The maximum atomic E-state index is 12.2. The SMILES string of the molecule is O=C(O)c1csc(C(=O)N2CC3CCCC3C2)n1. The number of carboxylic acid groups (broad SMARTS) is 1. The van der Waals surface area contributed by atoms with E-state index >= 15 is 0 Å². The van der Waals surface area contributed by atoms with Crippen LogP contribution >= 0.6 is 11.3 Å². The van der Waals surface area contributed by atoms with E-state index in [4.69, 9.17) is 5.11 Å². The first-order chi connectivity index (χ1) is 8.65. The van der Waals surface area contributed by atoms with Gasteiger partial charge >= 0.3 is 5.97 Å². The minimum atomic E-state index is -1.08. The number of carboxylic acids is 1. The zero-order chi connectivity index (χ0) is 12.7. The molecule has 0 aromatic carbocycles. The number of amides is 1. The number of likely N-dealkylation sites (tertiary alicyclic amines) is 1. The number of hydrogen-bond donors (Lipinski definition) is 1. The molecular formula is C12H14N2O3S. The first-order valence-corrected chi connectivity index (χ1v) is 7.01. The number of nitrogens with zero attached hydrogens (tertiary/aromatic N) is 2. The van der Waals surface area contributed by atoms with Crippen molar-refractivity contribution < 1.29 is 14.7 Å². The second-order valence-electron chi connectivity index (χ2n) is 5.00. The van der Waals surface area contributed by atoms with E-state index in [1.54, 1.807) is 0 Å². The Morgan fingerprint density at radius 3 is 2.56 bits per heavy atom. The van der Waals surface area contributed by atoms with Gasteiger partial charge in [0.1, 0.15) is 0 Å². The third-order valence-corrected chi connectivity index (χ3v) is 4.75. The van der Waals surface area contributed by atoms with Crippen LogP contribution in [-0.2, 0) is 0 Å². The second-order valence-corrected chi connectivity index (χ2v) is 5.86. The standard InChI is InChI=1S/C12H14N2O3S/c15-11(10-13-9(6-18-10)12(16)17)14-4-7-2-1-3-8(7)5-14/h6-8H,1-5H2,(H,16,17). The molecule has 1 N–H and O–H groups in total. The summed E-state index contributed by atoms with van der Waals surface area (Å²) in [5.74, 6) is 0.103. The summed E-state index contributed by atoms with van der Waals surface area (Å²) in [7, 11) is 0. The molecule has 1 aromatic rings. The fourth-order valence-electron chi connectivity index (χ4n) is 3.01. The number of carbonyl (C=O) groups excluding carboxylic acids is 1. The number of aromatic carboxylic acids is 1. The molecule has 0 radical (unpaired) electrons. The van der Waals surface area contributed by atoms with Crippen molar-refractivity contribution in [3.63, 3.8) is 0 Å². The van der Waals surface area contributed by atoms with Crippen LogP contribution in [0.15, 0.2) is 5.38 Å². The highest BCUT2D eigenvalue weighted by molar-refractivity contribution is 7.11. The van der Waals surface area contributed by atoms with E-state index in [0.717, 1.165) is 24.4 Å². The van der Waals surface area contributed by atoms with E-state index in [9.17, 15) is 9.59 Å². The average Bonchev–Trinajstić information content (AvgIpc) is 3.02. The van der Waals surface area contributed by atoms with Gasteiger partial charge in [0.05, 0.1) is 0 Å². The summed E-state index contributed by atoms with van der Waals surface area (Å²) in [5, 5.41) is 10.5. The van der Waals surface area contributed by atoms with Gasteiger partial charge in [-0.3, -0.25) is 4.79 Å². The quantitative estimate of drug-likeness (QED) is 0.884. The van der Waals surface area contributed by atoms with Crippen LogP contribution in [0.5, 0.6) is 0 Å². The van der Waals surface area contributed by atoms with E-state index in [1.807, 2.05) is 4.90 Å². The van der Waals surface area contributed by atoms with Crippen molar-refractivity contribution in [1.82, 2.24) is 9.88 Å². The van der Waals surface area contributed by atoms with Crippen LogP contribution in [0.25, 0.3) is 0 Å². The Morgan fingerprint density at radius 2 is 2.00 bits per heavy atom. The first kappa shape index (κ1) is 11.6. The molecule has 3 rings (SSSR count). The van der Waals surface area contributed by atoms with E-state index < -0.39 is 5.97 Å². The highest BCUT2D eigenvalue weighted by Gasteiger charge is 2.38. The molecule has 1 aromatic heterocycles. The van der Waals surface area contributed by atoms with Gasteiger partial charge in [-0.25, -0.2) is 9.78 Å². The number of carbonyl (C=O) groups is 2. The second kappa shape index (κ2) is 4.35. The smallest absolute Gasteiger partial charge is 0.355 e. The van der Waals surface area contributed by atoms with Gasteiger partial charge in [-0.05, 0) is 24.7 Å². The molecule has 0 spiro atoms. The molecule has 1 saturated carbocycles. The monoisotopic (exact) mass is 266 g/mol. The highest BCUT2D eigenvalue weighted by Crippen LogP contribution is 2.38. The van der Waals surface area contributed by atoms with Crippen molar-refractivity contribution >= 4 is 23.2 Å². The van der Waals surface area contributed by atoms with Gasteiger partial charge in [-0.2, -0.15) is 0 Å². The number of thiazole rings is 1. The molecule has 1 saturated heterocycles. The number of rotatable bonds is 2. The summed E-state index contributed by atoms with van der Waals surface area (Å²) < 4.78 is 0. The molecule has 1 aliphatic carbocycles. The first-order valence-electron chi connectivity index (χ1n) is 6.13. The van der Waals surface area contributed by atoms with Crippen LogP contribution in [0.1, 0.15) is 39.6 Å². The number of hydrogen-bond acceptors (Lipinski definition) is 4. The Morgan fingerprint density at radius 1 is 1.33 bits per heavy atom. The molecule has 1 amide bonds. The topological polar surface area (TPSA) is 70.5 Å². The Balaban J connectivity index is 1.72. The van der Waals surface area contributed by atoms with Gasteiger partial charge in [0, 0.05) is 18.5 Å². The molecule has 2 unspecified atom stereocenters. The number of fused-ring (bicyclic) bond motifs is 1. The molecule has 0 bridgehead atoms. The van der Waals surface area contributed by atoms with Gasteiger partial charge in [-0.1, -0.05) is 6.42 Å². The summed E-state index contributed by atoms with van der Waals surface area (Å²) in [6.45, 7) is 1.62. The molecule has 96 valence electrons. The van der Waals surface area contributed by atoms with Crippen LogP contribution < -0.4 is 0 Å². The fourth-order valence-corrected chi connectivity index (χ4v) is 3.76. The summed E-state index contributed by atoms with van der Waals surface area (Å²) in [6, 6.07) is 0. The van der Waals surface area contributed by atoms with Gasteiger partial charge < -0.3 is 10.0 Å². The molecule has 2 fully saturated rings. The Bertz CT molecular complexity index is 487. The van der Waals surface area contributed by atoms with Crippen LogP contribution in [0, 0.1) is 11.8 Å². The molecule has 2 atom stereocenters. The molecule has 5 nitrogen and oxygen atoms in total. The van der Waals surface area contributed by atoms with Gasteiger partial charge in [0.25, 0.3) is 5.91 Å². The maximum absolute atomic E-state index is 12.2. The van der Waals surface area contributed by atoms with E-state index in [0.29, 0.717) is 16.8 Å². The lowest BCUT2D eigenvalue weighted by molar-refractivity contribution is 0.0691. The minimum absolute atomic E-state index is 0.0391. The lowest BCUT2D eigenvalue weighted by atomic mass is 10.0. The highest BCUT2D eigenvalue weighted by atomic mass is 32.1. The Kier molecular flexibility index (Phi) is 2.81. The fraction of sp³-hybridized carbons (Fsp3) is 0.583. The lowest BCUT2D eigenvalue weighted by Gasteiger charge is -2.15. The maximum Gasteiger partial charge on any atom is 0.355 e. The predicted octanol–water partition coefficient (Wildman–Crippen LogP) is 1.71. The third-order valence-electron chi connectivity index (χ3n) is 3.92. The molecular weight excluding hydrogens is 252 g/mol. The van der Waals surface area contributed by atoms with Gasteiger partial charge in [0.2, 0.25) is 0 Å². The van der Waals surface area contributed by atoms with E-state index in [2.05, 4.69) is 4.98 Å². The lowest BCUT2D eigenvalue weighted by Crippen LogP contribution is -2.29. The summed E-state index contributed by atoms with van der Waals surface area (Å²) in [5.41, 5.74) is -0.0391. The summed E-state index contributed by atoms with van der Waals surface area (Å²) in [6.07, 6.45) is 3.71. The van der Waals surface area contributed by atoms with Crippen molar-refractivity contribution in [2.24, 2.45) is 11.8 Å². The van der Waals surface area contributed by atoms with Gasteiger partial charge in [-0.15, -0.1) is 11.3 Å². The number of aromatic nitrogens is 1. The van der Waals surface area contributed by atoms with Gasteiger partial charge in [0.15, 0.2) is 10.7 Å². The minimum Gasteiger partial charge on any atom is -0.476 e. The Hall–Kier alpha value is -1.43. The Labute approximate surface area is 108 Å². The molecule has 6 heteroatoms. The zero-order valence-corrected chi connectivity index (χ0v) is 10.7. The van der Waals surface area contributed by atoms with E-state index in [-0.39, 0.29) is 11.6 Å². The van der Waals surface area contributed by atoms with Crippen LogP contribution in [0.2, 0.25) is 0 Å². The molecule has 1 aliphatic heterocycles. The van der Waals surface area contributed by atoms with Crippen molar-refractivity contribution in [2.45, 2.75) is 19.3 Å². The van der Waals surface area contributed by atoms with E-state index in [1.165, 1.54) is 24.6 Å². The summed E-state index contributed by atoms with van der Waals surface area (Å²) >= 11 is 1.12. The van der Waals surface area contributed by atoms with Crippen LogP contribution in [0.4, 0.5) is 0 Å². The van der Waals surface area contributed by atoms with Crippen molar-refractivity contribution in [3.8, 4) is 0 Å². The average molecular weight is 266 g/mol. The summed E-state index contributed by atoms with van der Waals surface area (Å²) in [4.78, 5) is 28.6. The van der Waals surface area contributed by atoms with Crippen LogP contribution in [0.3, 0.4) is 0 Å². The zero-order valence-electron chi connectivity index (χ0n) is 9.83. The predicted molar refractivity (Wildman–Crippen MR) is 65.8 cm³/mol. The third kappa shape index (κ3) is 1.90.